The van der Waals surface area contributed by atoms with E-state index in [9.17, 15) is 4.79 Å². The molecule has 0 radical (unpaired) electrons. The van der Waals surface area contributed by atoms with Crippen molar-refractivity contribution in [2.45, 2.75) is 25.3 Å². The summed E-state index contributed by atoms with van der Waals surface area (Å²) < 4.78 is 10.4. The molecule has 0 saturated heterocycles. The Morgan fingerprint density at radius 1 is 1.29 bits per heavy atom. The normalized spacial score (nSPS) is 16.3. The first-order chi connectivity index (χ1) is 11.8. The molecule has 0 aliphatic heterocycles. The molecule has 5 heteroatoms. The predicted molar refractivity (Wildman–Crippen MR) is 91.2 cm³/mol. The molecule has 1 aromatic heterocycles. The predicted octanol–water partition coefficient (Wildman–Crippen LogP) is 2.91. The van der Waals surface area contributed by atoms with Crippen molar-refractivity contribution in [3.05, 3.63) is 59.3 Å². The van der Waals surface area contributed by atoms with Crippen LogP contribution in [0.3, 0.4) is 0 Å². The Hall–Kier alpha value is -2.40. The van der Waals surface area contributed by atoms with Gasteiger partial charge in [0.2, 0.25) is 5.88 Å². The van der Waals surface area contributed by atoms with Crippen LogP contribution >= 0.6 is 0 Å². The molecule has 0 unspecified atom stereocenters. The number of benzene rings is 1. The zero-order chi connectivity index (χ0) is 16.8. The van der Waals surface area contributed by atoms with Crippen LogP contribution in [-0.2, 0) is 11.2 Å². The number of amides is 1. The first-order valence-corrected chi connectivity index (χ1v) is 8.24. The van der Waals surface area contributed by atoms with Gasteiger partial charge >= 0.3 is 0 Å². The second-order valence-electron chi connectivity index (χ2n) is 5.84. The molecule has 1 N–H and O–H groups in total. The lowest BCUT2D eigenvalue weighted by Crippen LogP contribution is -2.31. The van der Waals surface area contributed by atoms with Gasteiger partial charge in [-0.2, -0.15) is 0 Å². The number of ether oxygens (including phenoxy) is 2. The number of fused-ring (bicyclic) bond motifs is 1. The Balaban J connectivity index is 1.68. The number of aromatic nitrogens is 1. The van der Waals surface area contributed by atoms with Crippen LogP contribution in [0.25, 0.3) is 0 Å². The number of nitrogens with one attached hydrogen (secondary N) is 1. The van der Waals surface area contributed by atoms with E-state index in [-0.39, 0.29) is 11.9 Å². The fourth-order valence-electron chi connectivity index (χ4n) is 3.00. The third kappa shape index (κ3) is 3.92. The zero-order valence-electron chi connectivity index (χ0n) is 13.8. The molecule has 1 heterocycles. The van der Waals surface area contributed by atoms with Gasteiger partial charge in [0.15, 0.2) is 0 Å². The zero-order valence-corrected chi connectivity index (χ0v) is 13.8. The van der Waals surface area contributed by atoms with Gasteiger partial charge in [-0.05, 0) is 36.5 Å². The van der Waals surface area contributed by atoms with Crippen molar-refractivity contribution in [2.24, 2.45) is 0 Å². The van der Waals surface area contributed by atoms with Gasteiger partial charge < -0.3 is 14.8 Å². The number of pyridine rings is 1. The van der Waals surface area contributed by atoms with Gasteiger partial charge in [-0.25, -0.2) is 4.98 Å². The Labute approximate surface area is 142 Å². The van der Waals surface area contributed by atoms with Gasteiger partial charge in [0.1, 0.15) is 6.61 Å². The Morgan fingerprint density at radius 3 is 3.04 bits per heavy atom. The molecular formula is C19H22N2O3. The van der Waals surface area contributed by atoms with Crippen molar-refractivity contribution in [2.75, 3.05) is 20.3 Å². The smallest absolute Gasteiger partial charge is 0.252 e. The highest BCUT2D eigenvalue weighted by atomic mass is 16.5. The Morgan fingerprint density at radius 2 is 2.17 bits per heavy atom. The van der Waals surface area contributed by atoms with E-state index in [0.29, 0.717) is 24.7 Å². The van der Waals surface area contributed by atoms with Crippen LogP contribution in [-0.4, -0.2) is 31.2 Å². The third-order valence-electron chi connectivity index (χ3n) is 4.21. The topological polar surface area (TPSA) is 60.5 Å². The molecule has 0 saturated carbocycles. The SMILES string of the molecule is COCCOc1cc(C(=O)N[C@H]2CCCc3ccccc32)ccn1. The van der Waals surface area contributed by atoms with Gasteiger partial charge in [0.25, 0.3) is 5.91 Å². The summed E-state index contributed by atoms with van der Waals surface area (Å²) in [7, 11) is 1.61. The Bertz CT molecular complexity index is 703. The van der Waals surface area contributed by atoms with E-state index in [0.717, 1.165) is 19.3 Å². The molecule has 3 rings (SSSR count). The average molecular weight is 326 g/mol. The molecule has 1 aliphatic carbocycles. The minimum atomic E-state index is -0.101. The average Bonchev–Trinajstić information content (AvgIpc) is 2.62. The first-order valence-electron chi connectivity index (χ1n) is 8.24. The highest BCUT2D eigenvalue weighted by Gasteiger charge is 2.22. The maximum absolute atomic E-state index is 12.6. The van der Waals surface area contributed by atoms with Gasteiger partial charge in [0.05, 0.1) is 12.6 Å². The fourth-order valence-corrected chi connectivity index (χ4v) is 3.00. The van der Waals surface area contributed by atoms with Crippen LogP contribution in [0.5, 0.6) is 5.88 Å². The van der Waals surface area contributed by atoms with E-state index in [2.05, 4.69) is 28.5 Å². The third-order valence-corrected chi connectivity index (χ3v) is 4.21. The summed E-state index contributed by atoms with van der Waals surface area (Å²) in [6.07, 6.45) is 4.72. The minimum absolute atomic E-state index is 0.0634. The van der Waals surface area contributed by atoms with E-state index in [1.54, 1.807) is 25.4 Å². The van der Waals surface area contributed by atoms with Crippen molar-refractivity contribution in [3.8, 4) is 5.88 Å². The van der Waals surface area contributed by atoms with E-state index < -0.39 is 0 Å². The molecule has 2 aromatic rings. The van der Waals surface area contributed by atoms with Gasteiger partial charge in [0, 0.05) is 24.9 Å². The minimum Gasteiger partial charge on any atom is -0.475 e. The standard InChI is InChI=1S/C19H22N2O3/c1-23-11-12-24-18-13-15(9-10-20-18)19(22)21-17-8-4-6-14-5-2-3-7-16(14)17/h2-3,5,7,9-10,13,17H,4,6,8,11-12H2,1H3,(H,21,22)/t17-/m0/s1. The second kappa shape index (κ2) is 7.93. The van der Waals surface area contributed by atoms with Crippen LogP contribution in [0.2, 0.25) is 0 Å². The number of methoxy groups -OCH3 is 1. The molecule has 1 aliphatic rings. The largest absolute Gasteiger partial charge is 0.475 e. The highest BCUT2D eigenvalue weighted by Crippen LogP contribution is 2.29. The summed E-state index contributed by atoms with van der Waals surface area (Å²) in [6.45, 7) is 0.890. The van der Waals surface area contributed by atoms with E-state index >= 15 is 0 Å². The Kier molecular flexibility index (Phi) is 5.43. The molecule has 24 heavy (non-hydrogen) atoms. The molecule has 1 amide bonds. The summed E-state index contributed by atoms with van der Waals surface area (Å²) in [5, 5.41) is 3.14. The summed E-state index contributed by atoms with van der Waals surface area (Å²) in [4.78, 5) is 16.7. The molecule has 0 fully saturated rings. The molecule has 0 bridgehead atoms. The molecule has 5 nitrogen and oxygen atoms in total. The van der Waals surface area contributed by atoms with E-state index in [4.69, 9.17) is 9.47 Å². The number of hydrogen-bond donors (Lipinski definition) is 1. The summed E-state index contributed by atoms with van der Waals surface area (Å²) in [6, 6.07) is 11.8. The summed E-state index contributed by atoms with van der Waals surface area (Å²) in [5.74, 6) is 0.333. The second-order valence-corrected chi connectivity index (χ2v) is 5.84. The highest BCUT2D eigenvalue weighted by molar-refractivity contribution is 5.94. The number of carbonyl (C=O) groups excluding carboxylic acids is 1. The molecule has 0 spiro atoms. The molecule has 1 atom stereocenters. The maximum atomic E-state index is 12.6. The number of carbonyl (C=O) groups is 1. The maximum Gasteiger partial charge on any atom is 0.252 e. The van der Waals surface area contributed by atoms with Crippen molar-refractivity contribution in [1.82, 2.24) is 10.3 Å². The summed E-state index contributed by atoms with van der Waals surface area (Å²) in [5.41, 5.74) is 3.11. The van der Waals surface area contributed by atoms with Crippen LogP contribution in [0.1, 0.15) is 40.4 Å². The summed E-state index contributed by atoms with van der Waals surface area (Å²) >= 11 is 0. The molecular weight excluding hydrogens is 304 g/mol. The lowest BCUT2D eigenvalue weighted by molar-refractivity contribution is 0.0931. The van der Waals surface area contributed by atoms with E-state index in [1.165, 1.54) is 11.1 Å². The number of nitrogens with zero attached hydrogens (tertiary/aromatic N) is 1. The first kappa shape index (κ1) is 16.5. The monoisotopic (exact) mass is 326 g/mol. The fraction of sp³-hybridized carbons (Fsp3) is 0.368. The lowest BCUT2D eigenvalue weighted by Gasteiger charge is -2.26. The number of aryl methyl sites for hydroxylation is 1. The quantitative estimate of drug-likeness (QED) is 0.829. The van der Waals surface area contributed by atoms with Crippen molar-refractivity contribution >= 4 is 5.91 Å². The van der Waals surface area contributed by atoms with Crippen LogP contribution in [0.15, 0.2) is 42.6 Å². The van der Waals surface area contributed by atoms with Crippen LogP contribution in [0, 0.1) is 0 Å². The van der Waals surface area contributed by atoms with E-state index in [1.807, 2.05) is 6.07 Å². The molecule has 126 valence electrons. The van der Waals surface area contributed by atoms with Crippen molar-refractivity contribution in [1.29, 1.82) is 0 Å². The van der Waals surface area contributed by atoms with Crippen LogP contribution in [0.4, 0.5) is 0 Å². The van der Waals surface area contributed by atoms with Crippen molar-refractivity contribution < 1.29 is 14.3 Å². The van der Waals surface area contributed by atoms with Crippen LogP contribution < -0.4 is 10.1 Å². The number of rotatable bonds is 6. The van der Waals surface area contributed by atoms with Gasteiger partial charge in [-0.3, -0.25) is 4.79 Å². The number of hydrogen-bond acceptors (Lipinski definition) is 4. The van der Waals surface area contributed by atoms with Gasteiger partial charge in [-0.15, -0.1) is 0 Å². The lowest BCUT2D eigenvalue weighted by atomic mass is 9.87. The van der Waals surface area contributed by atoms with Crippen molar-refractivity contribution in [3.63, 3.8) is 0 Å². The molecule has 1 aromatic carbocycles. The van der Waals surface area contributed by atoms with Gasteiger partial charge in [-0.1, -0.05) is 24.3 Å².